The molecule has 2 aromatic rings. The summed E-state index contributed by atoms with van der Waals surface area (Å²) in [5, 5.41) is 1.14. The number of nitrogens with zero attached hydrogens (tertiary/aromatic N) is 2. The number of benzene rings is 1. The number of pyridine rings is 1. The zero-order valence-electron chi connectivity index (χ0n) is 13.0. The van der Waals surface area contributed by atoms with Gasteiger partial charge in [0.15, 0.2) is 0 Å². The predicted molar refractivity (Wildman–Crippen MR) is 98.0 cm³/mol. The number of fused-ring (bicyclic) bond motifs is 1. The second-order valence-corrected chi connectivity index (χ2v) is 8.75. The van der Waals surface area contributed by atoms with Gasteiger partial charge >= 0.3 is 0 Å². The normalized spacial score (nSPS) is 21.2. The summed E-state index contributed by atoms with van der Waals surface area (Å²) in [5.74, 6) is 1.74. The van der Waals surface area contributed by atoms with E-state index in [0.29, 0.717) is 0 Å². The molecule has 1 atom stereocenters. The Hall–Kier alpha value is -0.940. The largest absolute Gasteiger partial charge is 0.354 e. The molecule has 1 aromatic carbocycles. The molecule has 0 saturated carbocycles. The molecule has 1 aromatic heterocycles. The molecule has 1 aliphatic heterocycles. The monoisotopic (exact) mass is 380 g/mol. The number of halogens is 1. The maximum absolute atomic E-state index is 12.5. The van der Waals surface area contributed by atoms with Gasteiger partial charge in [-0.1, -0.05) is 29.8 Å². The van der Waals surface area contributed by atoms with Crippen molar-refractivity contribution in [2.75, 3.05) is 23.7 Å². The average molecular weight is 381 g/mol. The van der Waals surface area contributed by atoms with Crippen molar-refractivity contribution in [1.29, 1.82) is 0 Å². The molecular weight excluding hydrogens is 360 g/mol. The fraction of sp³-hybridized carbons (Fsp3) is 0.471. The molecule has 0 spiro atoms. The van der Waals surface area contributed by atoms with E-state index in [-0.39, 0.29) is 4.75 Å². The Morgan fingerprint density at radius 3 is 2.77 bits per heavy atom. The second kappa shape index (κ2) is 6.28. The molecule has 22 heavy (non-hydrogen) atoms. The van der Waals surface area contributed by atoms with Gasteiger partial charge in [-0.15, -0.1) is 0 Å². The van der Waals surface area contributed by atoms with E-state index in [0.717, 1.165) is 52.9 Å². The van der Waals surface area contributed by atoms with Crippen molar-refractivity contribution in [3.8, 4) is 0 Å². The molecule has 1 unspecified atom stereocenters. The van der Waals surface area contributed by atoms with Gasteiger partial charge < -0.3 is 4.90 Å². The Labute approximate surface area is 142 Å². The first-order valence-electron chi connectivity index (χ1n) is 7.78. The van der Waals surface area contributed by atoms with Crippen molar-refractivity contribution in [3.63, 3.8) is 0 Å². The van der Waals surface area contributed by atoms with Gasteiger partial charge in [0, 0.05) is 39.5 Å². The Bertz CT molecular complexity index is 715. The summed E-state index contributed by atoms with van der Waals surface area (Å²) in [4.78, 5) is 7.11. The SMILES string of the molecule is CCC1(CC)CN(c2ccc3cc(Br)ccc3n2)CCS1=O. The summed E-state index contributed by atoms with van der Waals surface area (Å²) in [6.07, 6.45) is 1.90. The second-order valence-electron chi connectivity index (χ2n) is 5.87. The number of anilines is 1. The van der Waals surface area contributed by atoms with Crippen LogP contribution in [0.2, 0.25) is 0 Å². The zero-order valence-corrected chi connectivity index (χ0v) is 15.4. The van der Waals surface area contributed by atoms with Crippen LogP contribution < -0.4 is 4.90 Å². The summed E-state index contributed by atoms with van der Waals surface area (Å²) in [6.45, 7) is 5.96. The van der Waals surface area contributed by atoms with Crippen molar-refractivity contribution >= 4 is 43.5 Å². The van der Waals surface area contributed by atoms with Crippen molar-refractivity contribution in [3.05, 3.63) is 34.8 Å². The van der Waals surface area contributed by atoms with Gasteiger partial charge in [-0.25, -0.2) is 4.98 Å². The lowest BCUT2D eigenvalue weighted by molar-refractivity contribution is 0.494. The first-order chi connectivity index (χ1) is 10.6. The maximum Gasteiger partial charge on any atom is 0.129 e. The highest BCUT2D eigenvalue weighted by molar-refractivity contribution is 9.10. The van der Waals surface area contributed by atoms with Crippen molar-refractivity contribution in [2.45, 2.75) is 31.4 Å². The minimum Gasteiger partial charge on any atom is -0.354 e. The van der Waals surface area contributed by atoms with Gasteiger partial charge in [0.05, 0.1) is 10.3 Å². The highest BCUT2D eigenvalue weighted by atomic mass is 79.9. The third kappa shape index (κ3) is 2.81. The topological polar surface area (TPSA) is 33.2 Å². The number of hydrogen-bond acceptors (Lipinski definition) is 3. The molecule has 0 radical (unpaired) electrons. The Kier molecular flexibility index (Phi) is 4.55. The molecule has 2 heterocycles. The molecule has 3 nitrogen and oxygen atoms in total. The van der Waals surface area contributed by atoms with Crippen LogP contribution in [0.4, 0.5) is 5.82 Å². The number of aromatic nitrogens is 1. The molecular formula is C17H21BrN2OS. The van der Waals surface area contributed by atoms with E-state index < -0.39 is 10.8 Å². The van der Waals surface area contributed by atoms with E-state index in [2.05, 4.69) is 52.9 Å². The highest BCUT2D eigenvalue weighted by Crippen LogP contribution is 2.31. The lowest BCUT2D eigenvalue weighted by atomic mass is 10.0. The average Bonchev–Trinajstić information content (AvgIpc) is 2.55. The summed E-state index contributed by atoms with van der Waals surface area (Å²) in [6, 6.07) is 10.3. The quantitative estimate of drug-likeness (QED) is 0.802. The zero-order chi connectivity index (χ0) is 15.7. The van der Waals surface area contributed by atoms with Gasteiger partial charge in [-0.3, -0.25) is 4.21 Å². The molecule has 0 amide bonds. The van der Waals surface area contributed by atoms with Crippen LogP contribution in [0, 0.1) is 0 Å². The van der Waals surface area contributed by atoms with Crippen molar-refractivity contribution < 1.29 is 4.21 Å². The lowest BCUT2D eigenvalue weighted by Crippen LogP contribution is -2.53. The smallest absolute Gasteiger partial charge is 0.129 e. The number of rotatable bonds is 3. The minimum atomic E-state index is -0.737. The molecule has 0 N–H and O–H groups in total. The third-order valence-corrected chi connectivity index (χ3v) is 7.48. The van der Waals surface area contributed by atoms with Crippen LogP contribution in [0.3, 0.4) is 0 Å². The van der Waals surface area contributed by atoms with E-state index in [1.165, 1.54) is 0 Å². The van der Waals surface area contributed by atoms with Crippen molar-refractivity contribution in [1.82, 2.24) is 4.98 Å². The fourth-order valence-corrected chi connectivity index (χ4v) is 5.30. The summed E-state index contributed by atoms with van der Waals surface area (Å²) in [5.41, 5.74) is 1.01. The van der Waals surface area contributed by atoms with Gasteiger partial charge in [0.2, 0.25) is 0 Å². The number of hydrogen-bond donors (Lipinski definition) is 0. The minimum absolute atomic E-state index is 0.0887. The standard InChI is InChI=1S/C17H21BrN2OS/c1-3-17(4-2)12-20(9-10-22(17)21)16-8-5-13-11-14(18)6-7-15(13)19-16/h5-8,11H,3-4,9-10,12H2,1-2H3. The first kappa shape index (κ1) is 15.9. The molecule has 0 bridgehead atoms. The molecule has 118 valence electrons. The first-order valence-corrected chi connectivity index (χ1v) is 9.89. The van der Waals surface area contributed by atoms with Crippen LogP contribution >= 0.6 is 15.9 Å². The van der Waals surface area contributed by atoms with Gasteiger partial charge in [-0.05, 0) is 43.2 Å². The van der Waals surface area contributed by atoms with E-state index in [1.54, 1.807) is 0 Å². The summed E-state index contributed by atoms with van der Waals surface area (Å²) < 4.78 is 13.4. The molecule has 5 heteroatoms. The Morgan fingerprint density at radius 1 is 1.27 bits per heavy atom. The maximum atomic E-state index is 12.5. The van der Waals surface area contributed by atoms with Crippen LogP contribution in [0.1, 0.15) is 26.7 Å². The third-order valence-electron chi connectivity index (χ3n) is 4.76. The fourth-order valence-electron chi connectivity index (χ4n) is 3.16. The predicted octanol–water partition coefficient (Wildman–Crippen LogP) is 4.12. The Balaban J connectivity index is 1.94. The molecule has 1 saturated heterocycles. The summed E-state index contributed by atoms with van der Waals surface area (Å²) >= 11 is 3.50. The van der Waals surface area contributed by atoms with Crippen LogP contribution in [0.25, 0.3) is 10.9 Å². The van der Waals surface area contributed by atoms with E-state index in [9.17, 15) is 4.21 Å². The lowest BCUT2D eigenvalue weighted by Gasteiger charge is -2.41. The van der Waals surface area contributed by atoms with Gasteiger partial charge in [0.25, 0.3) is 0 Å². The van der Waals surface area contributed by atoms with E-state index in [4.69, 9.17) is 4.98 Å². The van der Waals surface area contributed by atoms with Crippen LogP contribution in [-0.2, 0) is 10.8 Å². The van der Waals surface area contributed by atoms with Gasteiger partial charge in [-0.2, -0.15) is 0 Å². The van der Waals surface area contributed by atoms with E-state index >= 15 is 0 Å². The van der Waals surface area contributed by atoms with E-state index in [1.807, 2.05) is 12.1 Å². The molecule has 3 rings (SSSR count). The summed E-state index contributed by atoms with van der Waals surface area (Å²) in [7, 11) is -0.737. The van der Waals surface area contributed by atoms with Crippen molar-refractivity contribution in [2.24, 2.45) is 0 Å². The molecule has 1 fully saturated rings. The Morgan fingerprint density at radius 2 is 2.05 bits per heavy atom. The van der Waals surface area contributed by atoms with Crippen LogP contribution in [0.5, 0.6) is 0 Å². The van der Waals surface area contributed by atoms with Gasteiger partial charge in [0.1, 0.15) is 5.82 Å². The van der Waals surface area contributed by atoms with Crippen LogP contribution in [0.15, 0.2) is 34.8 Å². The molecule has 1 aliphatic rings. The molecule has 0 aliphatic carbocycles. The highest BCUT2D eigenvalue weighted by Gasteiger charge is 2.39. The van der Waals surface area contributed by atoms with Crippen LogP contribution in [-0.4, -0.2) is 32.8 Å².